The van der Waals surface area contributed by atoms with Gasteiger partial charge in [-0.15, -0.1) is 0 Å². The minimum atomic E-state index is -3.69. The first-order valence-electron chi connectivity index (χ1n) is 5.95. The molecule has 1 atom stereocenters. The van der Waals surface area contributed by atoms with E-state index in [9.17, 15) is 18.0 Å². The van der Waals surface area contributed by atoms with Gasteiger partial charge in [-0.1, -0.05) is 22.6 Å². The summed E-state index contributed by atoms with van der Waals surface area (Å²) in [6.45, 7) is 4.12. The fraction of sp³-hybridized carbons (Fsp3) is 0.818. The summed E-state index contributed by atoms with van der Waals surface area (Å²) in [7, 11) is -2.48. The van der Waals surface area contributed by atoms with E-state index in [0.717, 1.165) is 0 Å². The van der Waals surface area contributed by atoms with Gasteiger partial charge in [0.05, 0.1) is 19.3 Å². The number of carbonyl (C=O) groups excluding carboxylic acids is 2. The molecule has 1 aliphatic rings. The van der Waals surface area contributed by atoms with Gasteiger partial charge in [0, 0.05) is 19.0 Å². The summed E-state index contributed by atoms with van der Waals surface area (Å²) < 4.78 is 27.6. The fourth-order valence-corrected chi connectivity index (χ4v) is 4.71. The molecule has 0 aliphatic carbocycles. The molecular formula is C11H18INO5S. The van der Waals surface area contributed by atoms with Crippen LogP contribution in [0.25, 0.3) is 0 Å². The van der Waals surface area contributed by atoms with Gasteiger partial charge in [-0.3, -0.25) is 9.59 Å². The quantitative estimate of drug-likeness (QED) is 0.384. The number of likely N-dealkylation sites (tertiary alicyclic amines) is 1. The predicted octanol–water partition coefficient (Wildman–Crippen LogP) is 0.736. The molecule has 0 bridgehead atoms. The van der Waals surface area contributed by atoms with Gasteiger partial charge in [-0.05, 0) is 13.8 Å². The smallest absolute Gasteiger partial charge is 0.306 e. The zero-order chi connectivity index (χ0) is 14.8. The van der Waals surface area contributed by atoms with Crippen LogP contribution in [-0.4, -0.2) is 53.4 Å². The molecule has 6 nitrogen and oxygen atoms in total. The van der Waals surface area contributed by atoms with Crippen molar-refractivity contribution in [3.05, 3.63) is 0 Å². The van der Waals surface area contributed by atoms with Crippen molar-refractivity contribution in [2.75, 3.05) is 19.4 Å². The number of hydrogen-bond acceptors (Lipinski definition) is 5. The summed E-state index contributed by atoms with van der Waals surface area (Å²) in [5.74, 6) is -1.33. The number of carbonyl (C=O) groups is 2. The molecule has 1 aliphatic heterocycles. The maximum Gasteiger partial charge on any atom is 0.306 e. The molecule has 0 N–H and O–H groups in total. The van der Waals surface area contributed by atoms with Crippen molar-refractivity contribution < 1.29 is 22.7 Å². The van der Waals surface area contributed by atoms with Crippen molar-refractivity contribution in [3.8, 4) is 0 Å². The molecule has 1 rings (SSSR count). The van der Waals surface area contributed by atoms with E-state index >= 15 is 0 Å². The van der Waals surface area contributed by atoms with Crippen molar-refractivity contribution >= 4 is 44.3 Å². The Morgan fingerprint density at radius 2 is 2.11 bits per heavy atom. The van der Waals surface area contributed by atoms with E-state index in [4.69, 9.17) is 0 Å². The first kappa shape index (κ1) is 16.7. The van der Waals surface area contributed by atoms with E-state index in [-0.39, 0.29) is 30.5 Å². The van der Waals surface area contributed by atoms with Gasteiger partial charge in [0.1, 0.15) is 0 Å². The Morgan fingerprint density at radius 3 is 2.53 bits per heavy atom. The molecule has 0 radical (unpaired) electrons. The Morgan fingerprint density at radius 1 is 1.53 bits per heavy atom. The molecule has 1 fully saturated rings. The number of methoxy groups -OCH3 is 1. The van der Waals surface area contributed by atoms with Crippen LogP contribution in [0.4, 0.5) is 0 Å². The van der Waals surface area contributed by atoms with Gasteiger partial charge in [0.25, 0.3) is 5.91 Å². The lowest BCUT2D eigenvalue weighted by atomic mass is 10.3. The van der Waals surface area contributed by atoms with Crippen molar-refractivity contribution in [2.45, 2.75) is 35.5 Å². The monoisotopic (exact) mass is 403 g/mol. The lowest BCUT2D eigenvalue weighted by molar-refractivity contribution is -0.140. The second-order valence-corrected chi connectivity index (χ2v) is 9.62. The fourth-order valence-electron chi connectivity index (χ4n) is 1.95. The maximum atomic E-state index is 12.3. The molecule has 0 aromatic carbocycles. The molecule has 0 saturated carbocycles. The van der Waals surface area contributed by atoms with Crippen molar-refractivity contribution in [3.63, 3.8) is 0 Å². The summed E-state index contributed by atoms with van der Waals surface area (Å²) in [5, 5.41) is 0. The van der Waals surface area contributed by atoms with E-state index in [1.54, 1.807) is 27.5 Å². The highest BCUT2D eigenvalue weighted by Gasteiger charge is 2.54. The van der Waals surface area contributed by atoms with E-state index < -0.39 is 18.6 Å². The Bertz CT molecular complexity index is 475. The molecular weight excluding hydrogens is 385 g/mol. The van der Waals surface area contributed by atoms with E-state index in [1.807, 2.05) is 13.8 Å². The number of esters is 1. The van der Waals surface area contributed by atoms with Gasteiger partial charge in [0.2, 0.25) is 2.75 Å². The van der Waals surface area contributed by atoms with Crippen LogP contribution in [0.3, 0.4) is 0 Å². The van der Waals surface area contributed by atoms with Crippen LogP contribution >= 0.6 is 22.6 Å². The number of alkyl halides is 1. The first-order chi connectivity index (χ1) is 8.65. The highest BCUT2D eigenvalue weighted by Crippen LogP contribution is 2.39. The van der Waals surface area contributed by atoms with Crippen LogP contribution in [0.15, 0.2) is 0 Å². The molecule has 1 unspecified atom stereocenters. The lowest BCUT2D eigenvalue weighted by Gasteiger charge is -2.24. The first-order valence-corrected chi connectivity index (χ1v) is 8.68. The van der Waals surface area contributed by atoms with Gasteiger partial charge >= 0.3 is 5.97 Å². The Kier molecular flexibility index (Phi) is 5.21. The molecule has 19 heavy (non-hydrogen) atoms. The standard InChI is InChI=1S/C11H18INO5S/c1-8(2)13-6-5-11(12,10(13)15)19(16,17)7-4-9(14)18-3/h8H,4-7H2,1-3H3. The molecule has 8 heteroatoms. The van der Waals surface area contributed by atoms with Crippen molar-refractivity contribution in [1.29, 1.82) is 0 Å². The molecule has 1 amide bonds. The number of nitrogens with zero attached hydrogens (tertiary/aromatic N) is 1. The van der Waals surface area contributed by atoms with E-state index in [2.05, 4.69) is 4.74 Å². The predicted molar refractivity (Wildman–Crippen MR) is 78.6 cm³/mol. The van der Waals surface area contributed by atoms with Crippen LogP contribution in [0.5, 0.6) is 0 Å². The minimum absolute atomic E-state index is 0.0278. The highest BCUT2D eigenvalue weighted by molar-refractivity contribution is 14.1. The van der Waals surface area contributed by atoms with Gasteiger partial charge < -0.3 is 9.64 Å². The normalized spacial score (nSPS) is 24.1. The number of amides is 1. The largest absolute Gasteiger partial charge is 0.469 e. The van der Waals surface area contributed by atoms with Gasteiger partial charge in [0.15, 0.2) is 9.84 Å². The van der Waals surface area contributed by atoms with Crippen LogP contribution < -0.4 is 0 Å². The lowest BCUT2D eigenvalue weighted by Crippen LogP contribution is -2.44. The minimum Gasteiger partial charge on any atom is -0.469 e. The summed E-state index contributed by atoms with van der Waals surface area (Å²) in [4.78, 5) is 24.9. The number of halogens is 1. The number of sulfone groups is 1. The van der Waals surface area contributed by atoms with Gasteiger partial charge in [-0.2, -0.15) is 0 Å². The van der Waals surface area contributed by atoms with Crippen LogP contribution in [-0.2, 0) is 24.2 Å². The van der Waals surface area contributed by atoms with Crippen LogP contribution in [0, 0.1) is 0 Å². The molecule has 0 spiro atoms. The number of hydrogen-bond donors (Lipinski definition) is 0. The van der Waals surface area contributed by atoms with Crippen LogP contribution in [0.2, 0.25) is 0 Å². The summed E-state index contributed by atoms with van der Waals surface area (Å²) >= 11 is 1.71. The summed E-state index contributed by atoms with van der Waals surface area (Å²) in [6.07, 6.45) is 0.0343. The average molecular weight is 403 g/mol. The second kappa shape index (κ2) is 5.94. The van der Waals surface area contributed by atoms with Crippen molar-refractivity contribution in [2.24, 2.45) is 0 Å². The third-order valence-electron chi connectivity index (χ3n) is 3.17. The van der Waals surface area contributed by atoms with Crippen LogP contribution in [0.1, 0.15) is 26.7 Å². The molecule has 110 valence electrons. The SMILES string of the molecule is COC(=O)CCS(=O)(=O)C1(I)CCN(C(C)C)C1=O. The zero-order valence-electron chi connectivity index (χ0n) is 11.2. The Balaban J connectivity index is 2.89. The number of rotatable bonds is 5. The third-order valence-corrected chi connectivity index (χ3v) is 8.29. The Hall–Kier alpha value is -0.380. The molecule has 0 aromatic heterocycles. The van der Waals surface area contributed by atoms with E-state index in [1.165, 1.54) is 7.11 Å². The van der Waals surface area contributed by atoms with Crippen molar-refractivity contribution in [1.82, 2.24) is 4.90 Å². The number of ether oxygens (including phenoxy) is 1. The van der Waals surface area contributed by atoms with E-state index in [0.29, 0.717) is 6.54 Å². The highest BCUT2D eigenvalue weighted by atomic mass is 127. The molecule has 1 saturated heterocycles. The zero-order valence-corrected chi connectivity index (χ0v) is 14.2. The summed E-state index contributed by atoms with van der Waals surface area (Å²) in [5.41, 5.74) is 0. The van der Waals surface area contributed by atoms with Gasteiger partial charge in [-0.25, -0.2) is 8.42 Å². The Labute approximate surface area is 126 Å². The topological polar surface area (TPSA) is 80.8 Å². The second-order valence-electron chi connectivity index (χ2n) is 4.72. The molecule has 1 heterocycles. The maximum absolute atomic E-state index is 12.3. The average Bonchev–Trinajstić information content (AvgIpc) is 2.65. The third kappa shape index (κ3) is 3.21. The molecule has 0 aromatic rings. The summed E-state index contributed by atoms with van der Waals surface area (Å²) in [6, 6.07) is -0.0278.